The maximum Gasteiger partial charge on any atom is 0.319 e. The fourth-order valence-corrected chi connectivity index (χ4v) is 4.24. The molecule has 166 valence electrons. The van der Waals surface area contributed by atoms with Crippen LogP contribution >= 0.6 is 11.3 Å². The number of anilines is 2. The number of nitrogens with zero attached hydrogens (tertiary/aromatic N) is 1. The minimum atomic E-state index is -0.273. The van der Waals surface area contributed by atoms with E-state index in [1.54, 1.807) is 24.3 Å². The van der Waals surface area contributed by atoms with Crippen molar-refractivity contribution in [2.24, 2.45) is 0 Å². The van der Waals surface area contributed by atoms with E-state index in [2.05, 4.69) is 33.1 Å². The number of nitrogens with one attached hydrogen (secondary N) is 3. The molecule has 2 heterocycles. The number of carbonyl (C=O) groups is 2. The summed E-state index contributed by atoms with van der Waals surface area (Å²) in [4.78, 5) is 29.0. The van der Waals surface area contributed by atoms with Gasteiger partial charge in [0.2, 0.25) is 5.91 Å². The fraction of sp³-hybridized carbons (Fsp3) is 0.292. The number of hydrogen-bond acceptors (Lipinski definition) is 5. The van der Waals surface area contributed by atoms with Crippen LogP contribution in [0.3, 0.4) is 0 Å². The Hall–Kier alpha value is -3.23. The standard InChI is InChI=1S/C24H26N4O3S/c1-16-4-6-17(7-5-16)23-27-20(15-32-23)13-22(29)26-18-8-10-19(11-9-18)28-24(30)25-14-21-3-2-12-31-21/h4-11,15,21H,2-3,12-14H2,1H3,(H,26,29)(H2,25,28,30). The zero-order chi connectivity index (χ0) is 22.3. The third-order valence-corrected chi connectivity index (χ3v) is 6.07. The zero-order valence-corrected chi connectivity index (χ0v) is 18.7. The zero-order valence-electron chi connectivity index (χ0n) is 17.9. The molecule has 7 nitrogen and oxygen atoms in total. The maximum atomic E-state index is 12.4. The molecule has 3 amide bonds. The van der Waals surface area contributed by atoms with Gasteiger partial charge in [-0.1, -0.05) is 29.8 Å². The summed E-state index contributed by atoms with van der Waals surface area (Å²) < 4.78 is 5.49. The van der Waals surface area contributed by atoms with E-state index < -0.39 is 0 Å². The first kappa shape index (κ1) is 22.0. The third kappa shape index (κ3) is 6.15. The van der Waals surface area contributed by atoms with Crippen LogP contribution in [-0.2, 0) is 16.0 Å². The van der Waals surface area contributed by atoms with Crippen molar-refractivity contribution in [1.82, 2.24) is 10.3 Å². The van der Waals surface area contributed by atoms with Gasteiger partial charge in [-0.3, -0.25) is 4.79 Å². The SMILES string of the molecule is Cc1ccc(-c2nc(CC(=O)Nc3ccc(NC(=O)NCC4CCCO4)cc3)cs2)cc1. The number of hydrogen-bond donors (Lipinski definition) is 3. The van der Waals surface area contributed by atoms with Crippen LogP contribution in [0.2, 0.25) is 0 Å². The Morgan fingerprint density at radius 2 is 1.78 bits per heavy atom. The molecule has 1 unspecified atom stereocenters. The first-order valence-electron chi connectivity index (χ1n) is 10.6. The Balaban J connectivity index is 1.24. The molecule has 0 radical (unpaired) electrons. The molecule has 1 atom stereocenters. The molecule has 2 aromatic carbocycles. The highest BCUT2D eigenvalue weighted by atomic mass is 32.1. The van der Waals surface area contributed by atoms with Gasteiger partial charge >= 0.3 is 6.03 Å². The second-order valence-corrected chi connectivity index (χ2v) is 8.64. The highest BCUT2D eigenvalue weighted by Gasteiger charge is 2.16. The van der Waals surface area contributed by atoms with E-state index >= 15 is 0 Å². The van der Waals surface area contributed by atoms with Crippen molar-refractivity contribution in [2.75, 3.05) is 23.8 Å². The van der Waals surface area contributed by atoms with Gasteiger partial charge in [0.25, 0.3) is 0 Å². The summed E-state index contributed by atoms with van der Waals surface area (Å²) in [6, 6.07) is 14.9. The first-order valence-corrected chi connectivity index (χ1v) is 11.5. The van der Waals surface area contributed by atoms with E-state index in [1.807, 2.05) is 24.4 Å². The molecule has 1 aliphatic rings. The molecule has 1 saturated heterocycles. The Morgan fingerprint density at radius 3 is 2.47 bits per heavy atom. The van der Waals surface area contributed by atoms with E-state index in [0.717, 1.165) is 35.7 Å². The molecule has 3 N–H and O–H groups in total. The summed E-state index contributed by atoms with van der Waals surface area (Å²) in [6.45, 7) is 3.31. The summed E-state index contributed by atoms with van der Waals surface area (Å²) >= 11 is 1.53. The lowest BCUT2D eigenvalue weighted by atomic mass is 10.2. The van der Waals surface area contributed by atoms with Crippen LogP contribution in [0.5, 0.6) is 0 Å². The first-order chi connectivity index (χ1) is 15.5. The summed E-state index contributed by atoms with van der Waals surface area (Å²) in [6.07, 6.45) is 2.32. The number of aryl methyl sites for hydroxylation is 1. The average molecular weight is 451 g/mol. The normalized spacial score (nSPS) is 15.3. The maximum absolute atomic E-state index is 12.4. The highest BCUT2D eigenvalue weighted by Crippen LogP contribution is 2.24. The molecule has 0 saturated carbocycles. The summed E-state index contributed by atoms with van der Waals surface area (Å²) in [5.41, 5.74) is 4.30. The van der Waals surface area contributed by atoms with Crippen LogP contribution in [0.25, 0.3) is 10.6 Å². The Morgan fingerprint density at radius 1 is 1.06 bits per heavy atom. The van der Waals surface area contributed by atoms with Crippen molar-refractivity contribution in [3.63, 3.8) is 0 Å². The molecule has 1 aromatic heterocycles. The van der Waals surface area contributed by atoms with Crippen LogP contribution in [0.1, 0.15) is 24.1 Å². The molecule has 4 rings (SSSR count). The van der Waals surface area contributed by atoms with Crippen LogP contribution in [0.15, 0.2) is 53.9 Å². The van der Waals surface area contributed by atoms with E-state index in [-0.39, 0.29) is 24.5 Å². The molecular weight excluding hydrogens is 424 g/mol. The minimum absolute atomic E-state index is 0.101. The van der Waals surface area contributed by atoms with Gasteiger partial charge in [0.1, 0.15) is 5.01 Å². The van der Waals surface area contributed by atoms with Crippen LogP contribution in [0.4, 0.5) is 16.2 Å². The van der Waals surface area contributed by atoms with Crippen LogP contribution in [0, 0.1) is 6.92 Å². The smallest absolute Gasteiger partial charge is 0.319 e. The van der Waals surface area contributed by atoms with Gasteiger partial charge in [-0.15, -0.1) is 11.3 Å². The Bertz CT molecular complexity index is 1060. The number of ether oxygens (including phenoxy) is 1. The van der Waals surface area contributed by atoms with Gasteiger partial charge in [0, 0.05) is 35.5 Å². The quantitative estimate of drug-likeness (QED) is 0.491. The van der Waals surface area contributed by atoms with Crippen molar-refractivity contribution in [2.45, 2.75) is 32.3 Å². The lowest BCUT2D eigenvalue weighted by Gasteiger charge is -2.12. The lowest BCUT2D eigenvalue weighted by molar-refractivity contribution is -0.115. The number of carbonyl (C=O) groups excluding carboxylic acids is 2. The molecule has 8 heteroatoms. The number of benzene rings is 2. The van der Waals surface area contributed by atoms with Crippen LogP contribution in [-0.4, -0.2) is 36.2 Å². The predicted octanol–water partition coefficient (Wildman–Crippen LogP) is 4.60. The molecule has 32 heavy (non-hydrogen) atoms. The molecule has 3 aromatic rings. The van der Waals surface area contributed by atoms with Crippen molar-refractivity contribution < 1.29 is 14.3 Å². The van der Waals surface area contributed by atoms with Crippen molar-refractivity contribution in [1.29, 1.82) is 0 Å². The lowest BCUT2D eigenvalue weighted by Crippen LogP contribution is -2.35. The van der Waals surface area contributed by atoms with Crippen molar-refractivity contribution >= 4 is 34.6 Å². The second kappa shape index (κ2) is 10.4. The number of urea groups is 1. The molecule has 0 spiro atoms. The molecule has 0 aliphatic carbocycles. The summed E-state index contributed by atoms with van der Waals surface area (Å²) in [5, 5.41) is 11.3. The summed E-state index contributed by atoms with van der Waals surface area (Å²) in [7, 11) is 0. The van der Waals surface area contributed by atoms with E-state index in [9.17, 15) is 9.59 Å². The molecule has 1 fully saturated rings. The largest absolute Gasteiger partial charge is 0.376 e. The predicted molar refractivity (Wildman–Crippen MR) is 127 cm³/mol. The van der Waals surface area contributed by atoms with Gasteiger partial charge in [-0.05, 0) is 44.0 Å². The van der Waals surface area contributed by atoms with Gasteiger partial charge in [-0.25, -0.2) is 9.78 Å². The third-order valence-electron chi connectivity index (χ3n) is 5.13. The highest BCUT2D eigenvalue weighted by molar-refractivity contribution is 7.13. The molecular formula is C24H26N4O3S. The van der Waals surface area contributed by atoms with Crippen molar-refractivity contribution in [3.05, 3.63) is 65.2 Å². The van der Waals surface area contributed by atoms with Gasteiger partial charge < -0.3 is 20.7 Å². The minimum Gasteiger partial charge on any atom is -0.376 e. The van der Waals surface area contributed by atoms with Gasteiger partial charge in [-0.2, -0.15) is 0 Å². The summed E-state index contributed by atoms with van der Waals surface area (Å²) in [5.74, 6) is -0.138. The molecule has 0 bridgehead atoms. The Labute approximate surface area is 191 Å². The van der Waals surface area contributed by atoms with Crippen molar-refractivity contribution in [3.8, 4) is 10.6 Å². The number of aromatic nitrogens is 1. The number of thiazole rings is 1. The molecule has 1 aliphatic heterocycles. The number of amides is 3. The Kier molecular flexibility index (Phi) is 7.14. The van der Waals surface area contributed by atoms with Gasteiger partial charge in [0.15, 0.2) is 0 Å². The monoisotopic (exact) mass is 450 g/mol. The average Bonchev–Trinajstić information content (AvgIpc) is 3.46. The van der Waals surface area contributed by atoms with E-state index in [4.69, 9.17) is 4.74 Å². The topological polar surface area (TPSA) is 92.4 Å². The fourth-order valence-electron chi connectivity index (χ4n) is 3.41. The van der Waals surface area contributed by atoms with E-state index in [1.165, 1.54) is 16.9 Å². The van der Waals surface area contributed by atoms with E-state index in [0.29, 0.717) is 17.9 Å². The number of rotatable bonds is 7. The van der Waals surface area contributed by atoms with Crippen LogP contribution < -0.4 is 16.0 Å². The van der Waals surface area contributed by atoms with Gasteiger partial charge in [0.05, 0.1) is 18.2 Å². The second-order valence-electron chi connectivity index (χ2n) is 7.78.